The van der Waals surface area contributed by atoms with Gasteiger partial charge in [-0.25, -0.2) is 0 Å². The van der Waals surface area contributed by atoms with Crippen molar-refractivity contribution >= 4 is 34.2 Å². The number of nitrogens with one attached hydrogen (secondary N) is 3. The van der Waals surface area contributed by atoms with Crippen LogP contribution in [0, 0.1) is 0 Å². The maximum absolute atomic E-state index is 13.2. The van der Waals surface area contributed by atoms with Gasteiger partial charge in [-0.15, -0.1) is 0 Å². The third kappa shape index (κ3) is 5.70. The van der Waals surface area contributed by atoms with Crippen LogP contribution in [0.15, 0.2) is 72.8 Å². The maximum atomic E-state index is 13.2. The van der Waals surface area contributed by atoms with E-state index in [2.05, 4.69) is 44.6 Å². The van der Waals surface area contributed by atoms with Crippen LogP contribution in [0.3, 0.4) is 0 Å². The minimum absolute atomic E-state index is 0.0678. The summed E-state index contributed by atoms with van der Waals surface area (Å²) in [5, 5.41) is 14.0. The minimum Gasteiger partial charge on any atom is -0.369 e. The Balaban J connectivity index is 1.29. The van der Waals surface area contributed by atoms with Crippen LogP contribution in [-0.2, 0) is 0 Å². The fourth-order valence-electron chi connectivity index (χ4n) is 4.86. The summed E-state index contributed by atoms with van der Waals surface area (Å²) in [7, 11) is 2.13. The number of piperazine rings is 1. The molecule has 8 heteroatoms. The second-order valence-electron chi connectivity index (χ2n) is 9.85. The Hall–Kier alpha value is -4.17. The number of H-pyrrole nitrogens is 1. The number of carbonyl (C=O) groups is 2. The van der Waals surface area contributed by atoms with Crippen molar-refractivity contribution in [2.24, 2.45) is 0 Å². The molecule has 1 atom stereocenters. The lowest BCUT2D eigenvalue weighted by atomic mass is 10.0. The SMILES string of the molecule is CCCC(NC(=O)c1ccc2[nH]nc(NC(=O)c3ccc(N4CCN(C)CC4)cc3)c2c1)c1ccccc1. The number of carbonyl (C=O) groups excluding carboxylic acids is 2. The van der Waals surface area contributed by atoms with Crippen molar-refractivity contribution in [1.82, 2.24) is 20.4 Å². The highest BCUT2D eigenvalue weighted by molar-refractivity contribution is 6.09. The third-order valence-electron chi connectivity index (χ3n) is 7.14. The second-order valence-corrected chi connectivity index (χ2v) is 9.85. The van der Waals surface area contributed by atoms with Crippen LogP contribution in [-0.4, -0.2) is 60.1 Å². The molecule has 2 heterocycles. The molecule has 1 fully saturated rings. The molecule has 2 amide bonds. The largest absolute Gasteiger partial charge is 0.369 e. The van der Waals surface area contributed by atoms with Crippen LogP contribution >= 0.6 is 0 Å². The summed E-state index contributed by atoms with van der Waals surface area (Å²) < 4.78 is 0. The molecule has 1 aromatic heterocycles. The minimum atomic E-state index is -0.245. The molecule has 8 nitrogen and oxygen atoms in total. The predicted molar refractivity (Wildman–Crippen MR) is 152 cm³/mol. The van der Waals surface area contributed by atoms with E-state index in [4.69, 9.17) is 0 Å². The normalized spacial score (nSPS) is 14.8. The number of aromatic amines is 1. The molecule has 3 N–H and O–H groups in total. The van der Waals surface area contributed by atoms with Crippen molar-refractivity contribution in [1.29, 1.82) is 0 Å². The molecular weight excluding hydrogens is 476 g/mol. The molecule has 38 heavy (non-hydrogen) atoms. The molecule has 196 valence electrons. The zero-order valence-electron chi connectivity index (χ0n) is 21.9. The van der Waals surface area contributed by atoms with Crippen molar-refractivity contribution in [3.63, 3.8) is 0 Å². The zero-order chi connectivity index (χ0) is 26.5. The number of hydrogen-bond donors (Lipinski definition) is 3. The molecule has 3 aromatic carbocycles. The molecular formula is C30H34N6O2. The van der Waals surface area contributed by atoms with E-state index in [9.17, 15) is 9.59 Å². The molecule has 1 unspecified atom stereocenters. The van der Waals surface area contributed by atoms with Crippen molar-refractivity contribution in [2.75, 3.05) is 43.4 Å². The molecule has 4 aromatic rings. The lowest BCUT2D eigenvalue weighted by Gasteiger charge is -2.34. The van der Waals surface area contributed by atoms with Crippen molar-refractivity contribution in [3.8, 4) is 0 Å². The molecule has 1 aliphatic rings. The van der Waals surface area contributed by atoms with Gasteiger partial charge >= 0.3 is 0 Å². The summed E-state index contributed by atoms with van der Waals surface area (Å²) in [5.74, 6) is -0.00611. The van der Waals surface area contributed by atoms with Crippen LogP contribution in [0.2, 0.25) is 0 Å². The number of amides is 2. The van der Waals surface area contributed by atoms with E-state index in [1.165, 1.54) is 0 Å². The van der Waals surface area contributed by atoms with Gasteiger partial charge in [-0.05, 0) is 61.5 Å². The predicted octanol–water partition coefficient (Wildman–Crippen LogP) is 4.84. The molecule has 0 saturated carbocycles. The average molecular weight is 511 g/mol. The number of aromatic nitrogens is 2. The van der Waals surface area contributed by atoms with E-state index >= 15 is 0 Å². The Morgan fingerprint density at radius 3 is 2.34 bits per heavy atom. The highest BCUT2D eigenvalue weighted by Gasteiger charge is 2.18. The van der Waals surface area contributed by atoms with E-state index in [1.807, 2.05) is 60.7 Å². The summed E-state index contributed by atoms with van der Waals surface area (Å²) in [4.78, 5) is 30.8. The zero-order valence-corrected chi connectivity index (χ0v) is 21.9. The topological polar surface area (TPSA) is 93.4 Å². The lowest BCUT2D eigenvalue weighted by molar-refractivity contribution is 0.0934. The lowest BCUT2D eigenvalue weighted by Crippen LogP contribution is -2.44. The Labute approximate surface area is 223 Å². The van der Waals surface area contributed by atoms with E-state index in [-0.39, 0.29) is 17.9 Å². The summed E-state index contributed by atoms with van der Waals surface area (Å²) >= 11 is 0. The number of fused-ring (bicyclic) bond motifs is 1. The van der Waals surface area contributed by atoms with E-state index < -0.39 is 0 Å². The second kappa shape index (κ2) is 11.5. The maximum Gasteiger partial charge on any atom is 0.256 e. The molecule has 1 aliphatic heterocycles. The van der Waals surface area contributed by atoms with Crippen LogP contribution in [0.5, 0.6) is 0 Å². The Morgan fingerprint density at radius 2 is 1.63 bits per heavy atom. The van der Waals surface area contributed by atoms with Gasteiger partial charge in [0.25, 0.3) is 11.8 Å². The summed E-state index contributed by atoms with van der Waals surface area (Å²) in [6.45, 7) is 6.11. The summed E-state index contributed by atoms with van der Waals surface area (Å²) in [6, 6.07) is 23.0. The third-order valence-corrected chi connectivity index (χ3v) is 7.14. The fraction of sp³-hybridized carbons (Fsp3) is 0.300. The first-order chi connectivity index (χ1) is 18.5. The van der Waals surface area contributed by atoms with Gasteiger partial charge in [0.2, 0.25) is 0 Å². The van der Waals surface area contributed by atoms with E-state index in [0.29, 0.717) is 22.3 Å². The molecule has 0 radical (unpaired) electrons. The monoisotopic (exact) mass is 510 g/mol. The van der Waals surface area contributed by atoms with Gasteiger partial charge in [-0.1, -0.05) is 43.7 Å². The highest BCUT2D eigenvalue weighted by Crippen LogP contribution is 2.25. The highest BCUT2D eigenvalue weighted by atomic mass is 16.2. The molecule has 1 saturated heterocycles. The first-order valence-electron chi connectivity index (χ1n) is 13.2. The van der Waals surface area contributed by atoms with E-state index in [1.54, 1.807) is 12.1 Å². The van der Waals surface area contributed by atoms with Gasteiger partial charge in [-0.3, -0.25) is 14.7 Å². The smallest absolute Gasteiger partial charge is 0.256 e. The van der Waals surface area contributed by atoms with Crippen molar-refractivity contribution in [2.45, 2.75) is 25.8 Å². The summed E-state index contributed by atoms with van der Waals surface area (Å²) in [5.41, 5.74) is 4.02. The molecule has 0 spiro atoms. The van der Waals surface area contributed by atoms with Gasteiger partial charge in [0.15, 0.2) is 5.82 Å². The van der Waals surface area contributed by atoms with Crippen LogP contribution in [0.4, 0.5) is 11.5 Å². The number of nitrogens with zero attached hydrogens (tertiary/aromatic N) is 3. The first-order valence-corrected chi connectivity index (χ1v) is 13.2. The number of benzene rings is 3. The van der Waals surface area contributed by atoms with Crippen LogP contribution < -0.4 is 15.5 Å². The van der Waals surface area contributed by atoms with E-state index in [0.717, 1.165) is 55.8 Å². The van der Waals surface area contributed by atoms with Gasteiger partial charge in [0, 0.05) is 48.4 Å². The molecule has 0 aliphatic carbocycles. The van der Waals surface area contributed by atoms with Crippen LogP contribution in [0.25, 0.3) is 10.9 Å². The number of anilines is 2. The number of hydrogen-bond acceptors (Lipinski definition) is 5. The van der Waals surface area contributed by atoms with Gasteiger partial charge in [0.05, 0.1) is 11.6 Å². The Kier molecular flexibility index (Phi) is 7.70. The fourth-order valence-corrected chi connectivity index (χ4v) is 4.86. The number of likely N-dealkylation sites (N-methyl/N-ethyl adjacent to an activating group) is 1. The van der Waals surface area contributed by atoms with Gasteiger partial charge in [0.1, 0.15) is 0 Å². The average Bonchev–Trinajstić information content (AvgIpc) is 3.35. The Morgan fingerprint density at radius 1 is 0.921 bits per heavy atom. The molecule has 0 bridgehead atoms. The van der Waals surface area contributed by atoms with Crippen molar-refractivity contribution < 1.29 is 9.59 Å². The summed E-state index contributed by atoms with van der Waals surface area (Å²) in [6.07, 6.45) is 1.80. The number of rotatable bonds is 8. The Bertz CT molecular complexity index is 1390. The van der Waals surface area contributed by atoms with Crippen LogP contribution in [0.1, 0.15) is 52.1 Å². The quantitative estimate of drug-likeness (QED) is 0.316. The van der Waals surface area contributed by atoms with Gasteiger partial charge < -0.3 is 20.4 Å². The van der Waals surface area contributed by atoms with Gasteiger partial charge in [-0.2, -0.15) is 5.10 Å². The van der Waals surface area contributed by atoms with Crippen molar-refractivity contribution in [3.05, 3.63) is 89.5 Å². The first kappa shape index (κ1) is 25.5. The molecule has 5 rings (SSSR count). The standard InChI is InChI=1S/C30H34N6O2/c1-3-7-26(21-8-5-4-6-9-21)31-30(38)23-12-15-27-25(20-23)28(34-33-27)32-29(37)22-10-13-24(14-11-22)36-18-16-35(2)17-19-36/h4-6,8-15,20,26H,3,7,16-19H2,1-2H3,(H,31,38)(H2,32,33,34,37).